The summed E-state index contributed by atoms with van der Waals surface area (Å²) in [4.78, 5) is 5.94. The quantitative estimate of drug-likeness (QED) is 0.554. The molecule has 0 amide bonds. The van der Waals surface area contributed by atoms with E-state index in [9.17, 15) is 0 Å². The molecule has 0 saturated heterocycles. The highest BCUT2D eigenvalue weighted by Crippen LogP contribution is 2.35. The Hall–Kier alpha value is -1.64. The zero-order valence-corrected chi connectivity index (χ0v) is 13.6. The molecule has 106 valence electrons. The Morgan fingerprint density at radius 3 is 1.90 bits per heavy atom. The number of alkyl halides is 1. The topological polar surface area (TPSA) is 12.9 Å². The minimum Gasteiger partial charge on any atom is -0.236 e. The van der Waals surface area contributed by atoms with Crippen LogP contribution in [0.15, 0.2) is 48.5 Å². The van der Waals surface area contributed by atoms with Gasteiger partial charge in [-0.15, -0.1) is 22.9 Å². The summed E-state index contributed by atoms with van der Waals surface area (Å²) in [5.41, 5.74) is 5.79. The molecule has 1 aromatic heterocycles. The van der Waals surface area contributed by atoms with Gasteiger partial charge in [0.15, 0.2) is 0 Å². The van der Waals surface area contributed by atoms with Gasteiger partial charge in [0.25, 0.3) is 0 Å². The van der Waals surface area contributed by atoms with Crippen LogP contribution in [-0.4, -0.2) is 4.98 Å². The van der Waals surface area contributed by atoms with E-state index in [-0.39, 0.29) is 0 Å². The average Bonchev–Trinajstić information content (AvgIpc) is 2.93. The van der Waals surface area contributed by atoms with E-state index >= 15 is 0 Å². The fraction of sp³-hybridized carbons (Fsp3) is 0.167. The summed E-state index contributed by atoms with van der Waals surface area (Å²) in [6.07, 6.45) is 0. The lowest BCUT2D eigenvalue weighted by Crippen LogP contribution is -1.83. The molecular weight excluding hydrogens is 298 g/mol. The molecule has 0 aliphatic rings. The van der Waals surface area contributed by atoms with Crippen LogP contribution in [0, 0.1) is 13.8 Å². The Labute approximate surface area is 134 Å². The first-order valence-corrected chi connectivity index (χ1v) is 8.22. The van der Waals surface area contributed by atoms with Crippen molar-refractivity contribution >= 4 is 22.9 Å². The molecule has 0 N–H and O–H groups in total. The highest BCUT2D eigenvalue weighted by Gasteiger charge is 2.13. The summed E-state index contributed by atoms with van der Waals surface area (Å²) >= 11 is 7.78. The van der Waals surface area contributed by atoms with Crippen molar-refractivity contribution in [1.82, 2.24) is 4.98 Å². The zero-order chi connectivity index (χ0) is 14.8. The molecule has 3 rings (SSSR count). The standard InChI is InChI=1S/C18H16ClNS/c1-12-3-7-14(8-4-12)17-16(11-19)21-18(20-17)15-9-5-13(2)6-10-15/h3-10H,11H2,1-2H3. The number of aryl methyl sites for hydroxylation is 2. The maximum atomic E-state index is 6.11. The first kappa shape index (κ1) is 14.3. The highest BCUT2D eigenvalue weighted by atomic mass is 35.5. The van der Waals surface area contributed by atoms with E-state index in [4.69, 9.17) is 16.6 Å². The second-order valence-electron chi connectivity index (χ2n) is 5.16. The fourth-order valence-electron chi connectivity index (χ4n) is 2.20. The van der Waals surface area contributed by atoms with E-state index in [0.717, 1.165) is 26.7 Å². The van der Waals surface area contributed by atoms with Crippen LogP contribution in [0.2, 0.25) is 0 Å². The molecule has 3 heteroatoms. The van der Waals surface area contributed by atoms with E-state index in [1.54, 1.807) is 11.3 Å². The van der Waals surface area contributed by atoms with Gasteiger partial charge in [0.1, 0.15) is 5.01 Å². The molecule has 2 aromatic carbocycles. The Balaban J connectivity index is 2.05. The molecule has 0 atom stereocenters. The lowest BCUT2D eigenvalue weighted by Gasteiger charge is -2.00. The third-order valence-corrected chi connectivity index (χ3v) is 4.97. The minimum atomic E-state index is 0.493. The third-order valence-electron chi connectivity index (χ3n) is 3.44. The van der Waals surface area contributed by atoms with Crippen LogP contribution in [0.5, 0.6) is 0 Å². The summed E-state index contributed by atoms with van der Waals surface area (Å²) in [6, 6.07) is 16.9. The number of nitrogens with zero attached hydrogens (tertiary/aromatic N) is 1. The van der Waals surface area contributed by atoms with Crippen LogP contribution >= 0.6 is 22.9 Å². The van der Waals surface area contributed by atoms with Gasteiger partial charge in [-0.2, -0.15) is 0 Å². The maximum Gasteiger partial charge on any atom is 0.124 e. The zero-order valence-electron chi connectivity index (χ0n) is 12.1. The van der Waals surface area contributed by atoms with E-state index in [1.807, 2.05) is 0 Å². The molecule has 0 unspecified atom stereocenters. The molecule has 1 heterocycles. The molecule has 3 aromatic rings. The molecule has 0 bridgehead atoms. The molecule has 21 heavy (non-hydrogen) atoms. The van der Waals surface area contributed by atoms with Crippen molar-refractivity contribution in [3.8, 4) is 21.8 Å². The first-order valence-electron chi connectivity index (χ1n) is 6.87. The van der Waals surface area contributed by atoms with Gasteiger partial charge in [-0.05, 0) is 13.8 Å². The van der Waals surface area contributed by atoms with Crippen molar-refractivity contribution in [2.75, 3.05) is 0 Å². The van der Waals surface area contributed by atoms with Crippen LogP contribution in [0.3, 0.4) is 0 Å². The van der Waals surface area contributed by atoms with Gasteiger partial charge in [0.2, 0.25) is 0 Å². The summed E-state index contributed by atoms with van der Waals surface area (Å²) in [7, 11) is 0. The fourth-order valence-corrected chi connectivity index (χ4v) is 3.43. The third kappa shape index (κ3) is 3.02. The van der Waals surface area contributed by atoms with Gasteiger partial charge in [-0.1, -0.05) is 59.7 Å². The lowest BCUT2D eigenvalue weighted by atomic mass is 10.1. The van der Waals surface area contributed by atoms with Crippen LogP contribution in [0.1, 0.15) is 16.0 Å². The van der Waals surface area contributed by atoms with E-state index in [0.29, 0.717) is 5.88 Å². The van der Waals surface area contributed by atoms with Crippen molar-refractivity contribution in [3.05, 3.63) is 64.5 Å². The second kappa shape index (κ2) is 6.00. The lowest BCUT2D eigenvalue weighted by molar-refractivity contribution is 1.34. The molecule has 0 radical (unpaired) electrons. The van der Waals surface area contributed by atoms with Crippen LogP contribution in [0.25, 0.3) is 21.8 Å². The van der Waals surface area contributed by atoms with Crippen molar-refractivity contribution in [2.24, 2.45) is 0 Å². The molecule has 0 fully saturated rings. The van der Waals surface area contributed by atoms with Crippen LogP contribution < -0.4 is 0 Å². The Morgan fingerprint density at radius 1 is 0.857 bits per heavy atom. The number of aromatic nitrogens is 1. The largest absolute Gasteiger partial charge is 0.236 e. The number of hydrogen-bond donors (Lipinski definition) is 0. The molecule has 0 spiro atoms. The molecule has 0 aliphatic heterocycles. The van der Waals surface area contributed by atoms with Gasteiger partial charge < -0.3 is 0 Å². The summed E-state index contributed by atoms with van der Waals surface area (Å²) in [5, 5.41) is 1.03. The first-order chi connectivity index (χ1) is 10.2. The maximum absolute atomic E-state index is 6.11. The van der Waals surface area contributed by atoms with Gasteiger partial charge in [-0.25, -0.2) is 4.98 Å². The molecule has 0 saturated carbocycles. The van der Waals surface area contributed by atoms with Gasteiger partial charge in [0.05, 0.1) is 11.6 Å². The summed E-state index contributed by atoms with van der Waals surface area (Å²) < 4.78 is 0. The van der Waals surface area contributed by atoms with Crippen molar-refractivity contribution in [3.63, 3.8) is 0 Å². The summed E-state index contributed by atoms with van der Waals surface area (Å²) in [5.74, 6) is 0.493. The van der Waals surface area contributed by atoms with Crippen molar-refractivity contribution in [1.29, 1.82) is 0 Å². The average molecular weight is 314 g/mol. The highest BCUT2D eigenvalue weighted by molar-refractivity contribution is 7.15. The van der Waals surface area contributed by atoms with Gasteiger partial charge in [-0.3, -0.25) is 0 Å². The number of benzene rings is 2. The minimum absolute atomic E-state index is 0.493. The van der Waals surface area contributed by atoms with Gasteiger partial charge in [0, 0.05) is 16.0 Å². The Morgan fingerprint density at radius 2 is 1.38 bits per heavy atom. The van der Waals surface area contributed by atoms with Crippen LogP contribution in [0.4, 0.5) is 0 Å². The smallest absolute Gasteiger partial charge is 0.124 e. The van der Waals surface area contributed by atoms with E-state index in [2.05, 4.69) is 62.4 Å². The van der Waals surface area contributed by atoms with Crippen LogP contribution in [-0.2, 0) is 5.88 Å². The normalized spacial score (nSPS) is 10.8. The van der Waals surface area contributed by atoms with Crippen molar-refractivity contribution in [2.45, 2.75) is 19.7 Å². The number of halogens is 1. The van der Waals surface area contributed by atoms with E-state index in [1.165, 1.54) is 11.1 Å². The number of rotatable bonds is 3. The molecule has 1 nitrogen and oxygen atoms in total. The van der Waals surface area contributed by atoms with Crippen molar-refractivity contribution < 1.29 is 0 Å². The van der Waals surface area contributed by atoms with Gasteiger partial charge >= 0.3 is 0 Å². The molecular formula is C18H16ClNS. The molecule has 0 aliphatic carbocycles. The van der Waals surface area contributed by atoms with E-state index < -0.39 is 0 Å². The second-order valence-corrected chi connectivity index (χ2v) is 6.51. The number of thiazole rings is 1. The number of hydrogen-bond acceptors (Lipinski definition) is 2. The SMILES string of the molecule is Cc1ccc(-c2nc(-c3ccc(C)cc3)c(CCl)s2)cc1. The Bertz CT molecular complexity index is 742. The predicted octanol–water partition coefficient (Wildman–Crippen LogP) is 5.83. The Kier molecular flexibility index (Phi) is 4.09. The predicted molar refractivity (Wildman–Crippen MR) is 92.0 cm³/mol. The monoisotopic (exact) mass is 313 g/mol. The summed E-state index contributed by atoms with van der Waals surface area (Å²) in [6.45, 7) is 4.18.